The summed E-state index contributed by atoms with van der Waals surface area (Å²) in [4.78, 5) is 13.2. The summed E-state index contributed by atoms with van der Waals surface area (Å²) in [7, 11) is 0. The van der Waals surface area contributed by atoms with E-state index in [-0.39, 0.29) is 11.8 Å². The van der Waals surface area contributed by atoms with Crippen LogP contribution in [0.1, 0.15) is 40.0 Å². The molecule has 0 unspecified atom stereocenters. The van der Waals surface area contributed by atoms with Crippen molar-refractivity contribution in [1.29, 1.82) is 0 Å². The molecule has 0 heterocycles. The summed E-state index contributed by atoms with van der Waals surface area (Å²) in [5, 5.41) is 8.89. The van der Waals surface area contributed by atoms with Crippen LogP contribution >= 0.6 is 0 Å². The number of hydrogen-bond donors (Lipinski definition) is 3. The lowest BCUT2D eigenvalue weighted by atomic mass is 9.70. The molecule has 1 saturated carbocycles. The highest BCUT2D eigenvalue weighted by Crippen LogP contribution is 2.39. The molecular formula is C23H33N3O. The monoisotopic (exact) mass is 367 g/mol. The third kappa shape index (κ3) is 4.62. The largest absolute Gasteiger partial charge is 0.382 e. The van der Waals surface area contributed by atoms with E-state index in [1.807, 2.05) is 12.1 Å². The molecule has 0 aromatic heterocycles. The third-order valence-electron chi connectivity index (χ3n) is 5.96. The number of fused-ring (bicyclic) bond motifs is 1. The number of hydrogen-bond acceptors (Lipinski definition) is 3. The van der Waals surface area contributed by atoms with E-state index in [0.717, 1.165) is 35.0 Å². The van der Waals surface area contributed by atoms with Crippen LogP contribution < -0.4 is 16.4 Å². The molecule has 2 aromatic rings. The number of amides is 1. The number of rotatable bonds is 6. The zero-order valence-electron chi connectivity index (χ0n) is 16.8. The van der Waals surface area contributed by atoms with Crippen LogP contribution in [0, 0.1) is 23.7 Å². The van der Waals surface area contributed by atoms with Crippen molar-refractivity contribution in [3.05, 3.63) is 36.4 Å². The summed E-state index contributed by atoms with van der Waals surface area (Å²) >= 11 is 0. The zero-order valence-corrected chi connectivity index (χ0v) is 16.8. The number of anilines is 2. The molecule has 4 N–H and O–H groups in total. The summed E-state index contributed by atoms with van der Waals surface area (Å²) < 4.78 is 0. The minimum atomic E-state index is 0.0857. The van der Waals surface area contributed by atoms with Gasteiger partial charge in [-0.1, -0.05) is 51.5 Å². The highest BCUT2D eigenvalue weighted by atomic mass is 16.1. The van der Waals surface area contributed by atoms with E-state index < -0.39 is 0 Å². The predicted molar refractivity (Wildman–Crippen MR) is 115 cm³/mol. The lowest BCUT2D eigenvalue weighted by Gasteiger charge is -2.36. The zero-order chi connectivity index (χ0) is 19.4. The molecule has 1 fully saturated rings. The molecular weight excluding hydrogens is 334 g/mol. The predicted octanol–water partition coefficient (Wildman–Crippen LogP) is 4.86. The summed E-state index contributed by atoms with van der Waals surface area (Å²) in [6.45, 7) is 7.98. The minimum absolute atomic E-state index is 0.0857. The van der Waals surface area contributed by atoms with Crippen molar-refractivity contribution in [1.82, 2.24) is 0 Å². The molecule has 0 spiro atoms. The molecule has 0 aliphatic heterocycles. The van der Waals surface area contributed by atoms with Gasteiger partial charge < -0.3 is 16.4 Å². The van der Waals surface area contributed by atoms with Gasteiger partial charge in [-0.25, -0.2) is 0 Å². The number of nitrogens with two attached hydrogens (primary N) is 1. The van der Waals surface area contributed by atoms with Crippen LogP contribution in [-0.4, -0.2) is 19.0 Å². The SMILES string of the molecule is CC(C)[C@@H]1CC[C@@H](C)C[C@H]1C(=O)Nc1cc2ccccc2cc1NCCN. The molecule has 0 radical (unpaired) electrons. The highest BCUT2D eigenvalue weighted by molar-refractivity contribution is 6.00. The Hall–Kier alpha value is -2.07. The average Bonchev–Trinajstić information content (AvgIpc) is 2.65. The number of nitrogens with one attached hydrogen (secondary N) is 2. The maximum atomic E-state index is 13.2. The lowest BCUT2D eigenvalue weighted by molar-refractivity contribution is -0.123. The van der Waals surface area contributed by atoms with Gasteiger partial charge in [0.15, 0.2) is 0 Å². The van der Waals surface area contributed by atoms with Gasteiger partial charge in [0.05, 0.1) is 11.4 Å². The first-order valence-corrected chi connectivity index (χ1v) is 10.3. The van der Waals surface area contributed by atoms with Crippen molar-refractivity contribution < 1.29 is 4.79 Å². The topological polar surface area (TPSA) is 67.2 Å². The van der Waals surface area contributed by atoms with Crippen LogP contribution in [0.5, 0.6) is 0 Å². The van der Waals surface area contributed by atoms with Crippen molar-refractivity contribution in [3.63, 3.8) is 0 Å². The molecule has 27 heavy (non-hydrogen) atoms. The van der Waals surface area contributed by atoms with Crippen LogP contribution in [0.4, 0.5) is 11.4 Å². The van der Waals surface area contributed by atoms with Crippen LogP contribution in [0.3, 0.4) is 0 Å². The first-order valence-electron chi connectivity index (χ1n) is 10.3. The summed E-state index contributed by atoms with van der Waals surface area (Å²) in [6.07, 6.45) is 3.35. The molecule has 1 amide bonds. The van der Waals surface area contributed by atoms with Crippen LogP contribution in [0.25, 0.3) is 10.8 Å². The molecule has 1 aliphatic carbocycles. The van der Waals surface area contributed by atoms with Crippen molar-refractivity contribution >= 4 is 28.1 Å². The quantitative estimate of drug-likeness (QED) is 0.683. The van der Waals surface area contributed by atoms with Gasteiger partial charge in [-0.3, -0.25) is 4.79 Å². The van der Waals surface area contributed by atoms with Gasteiger partial charge in [0.2, 0.25) is 5.91 Å². The number of benzene rings is 2. The third-order valence-corrected chi connectivity index (χ3v) is 5.96. The molecule has 0 bridgehead atoms. The normalized spacial score (nSPS) is 22.8. The molecule has 1 aliphatic rings. The highest BCUT2D eigenvalue weighted by Gasteiger charge is 2.35. The second kappa shape index (κ2) is 8.75. The van der Waals surface area contributed by atoms with Gasteiger partial charge in [0, 0.05) is 19.0 Å². The Kier molecular flexibility index (Phi) is 6.38. The van der Waals surface area contributed by atoms with Crippen LogP contribution in [0.2, 0.25) is 0 Å². The molecule has 3 rings (SSSR count). The van der Waals surface area contributed by atoms with Crippen molar-refractivity contribution in [2.45, 2.75) is 40.0 Å². The van der Waals surface area contributed by atoms with Gasteiger partial charge in [-0.15, -0.1) is 0 Å². The maximum Gasteiger partial charge on any atom is 0.227 e. The Labute approximate surface area is 162 Å². The van der Waals surface area contributed by atoms with Crippen LogP contribution in [0.15, 0.2) is 36.4 Å². The van der Waals surface area contributed by atoms with Gasteiger partial charge in [-0.2, -0.15) is 0 Å². The lowest BCUT2D eigenvalue weighted by Crippen LogP contribution is -2.36. The standard InChI is InChI=1S/C23H33N3O/c1-15(2)19-9-8-16(3)12-20(19)23(27)26-22-14-18-7-5-4-6-17(18)13-21(22)25-11-10-24/h4-7,13-16,19-20,25H,8-12,24H2,1-3H3,(H,26,27)/t16-,19+,20-/m1/s1. The Morgan fingerprint density at radius 1 is 1.15 bits per heavy atom. The van der Waals surface area contributed by atoms with Crippen molar-refractivity contribution in [2.75, 3.05) is 23.7 Å². The number of carbonyl (C=O) groups is 1. The van der Waals surface area contributed by atoms with Crippen molar-refractivity contribution in [2.24, 2.45) is 29.4 Å². The average molecular weight is 368 g/mol. The van der Waals surface area contributed by atoms with Crippen LogP contribution in [-0.2, 0) is 4.79 Å². The van der Waals surface area contributed by atoms with Gasteiger partial charge in [0.1, 0.15) is 0 Å². The summed E-state index contributed by atoms with van der Waals surface area (Å²) in [6, 6.07) is 12.4. The fourth-order valence-corrected chi connectivity index (χ4v) is 4.43. The van der Waals surface area contributed by atoms with Gasteiger partial charge >= 0.3 is 0 Å². The van der Waals surface area contributed by atoms with Gasteiger partial charge in [0.25, 0.3) is 0 Å². The Morgan fingerprint density at radius 2 is 1.81 bits per heavy atom. The summed E-state index contributed by atoms with van der Waals surface area (Å²) in [5.41, 5.74) is 7.47. The van der Waals surface area contributed by atoms with E-state index in [1.54, 1.807) is 0 Å². The van der Waals surface area contributed by atoms with E-state index in [2.05, 4.69) is 55.7 Å². The summed E-state index contributed by atoms with van der Waals surface area (Å²) in [5.74, 6) is 1.85. The molecule has 2 aromatic carbocycles. The minimum Gasteiger partial charge on any atom is -0.382 e. The molecule has 146 valence electrons. The number of carbonyl (C=O) groups excluding carboxylic acids is 1. The molecule has 4 nitrogen and oxygen atoms in total. The fraction of sp³-hybridized carbons (Fsp3) is 0.522. The Balaban J connectivity index is 1.88. The fourth-order valence-electron chi connectivity index (χ4n) is 4.43. The van der Waals surface area contributed by atoms with E-state index in [4.69, 9.17) is 5.73 Å². The van der Waals surface area contributed by atoms with Gasteiger partial charge in [-0.05, 0) is 53.5 Å². The Morgan fingerprint density at radius 3 is 2.44 bits per heavy atom. The van der Waals surface area contributed by atoms with E-state index in [9.17, 15) is 4.79 Å². The maximum absolute atomic E-state index is 13.2. The first kappa shape index (κ1) is 19.7. The van der Waals surface area contributed by atoms with Crippen molar-refractivity contribution in [3.8, 4) is 0 Å². The molecule has 4 heteroatoms. The molecule has 0 saturated heterocycles. The first-order chi connectivity index (χ1) is 13.0. The Bertz CT molecular complexity index is 786. The second-order valence-corrected chi connectivity index (χ2v) is 8.38. The molecule has 3 atom stereocenters. The second-order valence-electron chi connectivity index (χ2n) is 8.38. The van der Waals surface area contributed by atoms with E-state index in [1.165, 1.54) is 6.42 Å². The smallest absolute Gasteiger partial charge is 0.227 e. The van der Waals surface area contributed by atoms with E-state index in [0.29, 0.717) is 30.8 Å². The van der Waals surface area contributed by atoms with E-state index >= 15 is 0 Å².